The van der Waals surface area contributed by atoms with Crippen molar-refractivity contribution in [2.45, 2.75) is 38.7 Å². The molecular formula is C26H29FN6O. The highest BCUT2D eigenvalue weighted by molar-refractivity contribution is 5.91. The zero-order chi connectivity index (χ0) is 24.0. The van der Waals surface area contributed by atoms with Gasteiger partial charge in [0.25, 0.3) is 0 Å². The van der Waals surface area contributed by atoms with Crippen LogP contribution in [-0.2, 0) is 19.9 Å². The predicted molar refractivity (Wildman–Crippen MR) is 132 cm³/mol. The van der Waals surface area contributed by atoms with Gasteiger partial charge in [0.1, 0.15) is 11.9 Å². The normalized spacial score (nSPS) is 18.2. The maximum Gasteiger partial charge on any atom is 0.166 e. The molecule has 8 heteroatoms. The molecule has 5 rings (SSSR count). The van der Waals surface area contributed by atoms with E-state index in [0.29, 0.717) is 34.9 Å². The number of benzene rings is 1. The fraction of sp³-hybridized carbons (Fsp3) is 0.346. The van der Waals surface area contributed by atoms with Gasteiger partial charge in [-0.05, 0) is 61.9 Å². The summed E-state index contributed by atoms with van der Waals surface area (Å²) >= 11 is 0. The summed E-state index contributed by atoms with van der Waals surface area (Å²) in [5.41, 5.74) is 19.5. The summed E-state index contributed by atoms with van der Waals surface area (Å²) in [5.74, 6) is 1.04. The number of fused-ring (bicyclic) bond motifs is 5. The van der Waals surface area contributed by atoms with Crippen molar-refractivity contribution in [2.24, 2.45) is 23.7 Å². The van der Waals surface area contributed by atoms with Crippen LogP contribution in [0, 0.1) is 11.7 Å². The Kier molecular flexibility index (Phi) is 5.59. The molecule has 1 aliphatic carbocycles. The average molecular weight is 461 g/mol. The number of anilines is 1. The summed E-state index contributed by atoms with van der Waals surface area (Å²) in [6, 6.07) is 6.45. The number of pyridine rings is 1. The molecule has 1 atom stereocenters. The third-order valence-corrected chi connectivity index (χ3v) is 6.62. The van der Waals surface area contributed by atoms with Crippen LogP contribution in [0.5, 0.6) is 5.75 Å². The first-order chi connectivity index (χ1) is 16.4. The van der Waals surface area contributed by atoms with Gasteiger partial charge in [-0.3, -0.25) is 9.67 Å². The molecule has 1 aromatic carbocycles. The smallest absolute Gasteiger partial charge is 0.166 e. The summed E-state index contributed by atoms with van der Waals surface area (Å²) < 4.78 is 22.5. The van der Waals surface area contributed by atoms with E-state index in [4.69, 9.17) is 21.3 Å². The third kappa shape index (κ3) is 4.04. The largest absolute Gasteiger partial charge is 0.482 e. The monoisotopic (exact) mass is 460 g/mol. The van der Waals surface area contributed by atoms with Crippen LogP contribution in [-0.4, -0.2) is 28.0 Å². The van der Waals surface area contributed by atoms with Gasteiger partial charge in [0.2, 0.25) is 0 Å². The lowest BCUT2D eigenvalue weighted by Gasteiger charge is -2.22. The van der Waals surface area contributed by atoms with Gasteiger partial charge in [0.15, 0.2) is 11.6 Å². The fourth-order valence-corrected chi connectivity index (χ4v) is 4.68. The Morgan fingerprint density at radius 1 is 1.26 bits per heavy atom. The highest BCUT2D eigenvalue weighted by atomic mass is 19.1. The number of rotatable bonds is 3. The van der Waals surface area contributed by atoms with E-state index in [9.17, 15) is 4.39 Å². The number of nitrogen functional groups attached to an aromatic ring is 1. The molecule has 1 fully saturated rings. The van der Waals surface area contributed by atoms with E-state index < -0.39 is 6.10 Å². The molecule has 3 heterocycles. The summed E-state index contributed by atoms with van der Waals surface area (Å²) in [6.07, 6.45) is 6.91. The highest BCUT2D eigenvalue weighted by Gasteiger charge is 2.29. The van der Waals surface area contributed by atoms with Gasteiger partial charge in [0, 0.05) is 66.6 Å². The second-order valence-corrected chi connectivity index (χ2v) is 9.14. The molecule has 0 radical (unpaired) electrons. The first kappa shape index (κ1) is 22.1. The van der Waals surface area contributed by atoms with Crippen molar-refractivity contribution >= 4 is 17.7 Å². The lowest BCUT2D eigenvalue weighted by atomic mass is 9.93. The van der Waals surface area contributed by atoms with Crippen LogP contribution >= 0.6 is 0 Å². The summed E-state index contributed by atoms with van der Waals surface area (Å²) in [7, 11) is 3.69. The van der Waals surface area contributed by atoms with Gasteiger partial charge < -0.3 is 16.2 Å². The second-order valence-electron chi connectivity index (χ2n) is 9.14. The molecule has 0 spiro atoms. The molecule has 0 saturated heterocycles. The lowest BCUT2D eigenvalue weighted by Crippen LogP contribution is -2.14. The highest BCUT2D eigenvalue weighted by Crippen LogP contribution is 2.40. The molecule has 2 aliphatic rings. The molecule has 2 bridgehead atoms. The number of hydrogen-bond donors (Lipinski definition) is 2. The third-order valence-electron chi connectivity index (χ3n) is 6.62. The van der Waals surface area contributed by atoms with E-state index in [2.05, 4.69) is 9.98 Å². The Morgan fingerprint density at radius 3 is 2.79 bits per heavy atom. The molecule has 4 N–H and O–H groups in total. The van der Waals surface area contributed by atoms with E-state index >= 15 is 0 Å². The number of allylic oxidation sites excluding steroid dienone is 1. The maximum atomic E-state index is 14.3. The Hall–Kier alpha value is -3.68. The minimum absolute atomic E-state index is 0.280. The minimum atomic E-state index is -0.512. The Bertz CT molecular complexity index is 1320. The Labute approximate surface area is 198 Å². The van der Waals surface area contributed by atoms with Crippen molar-refractivity contribution in [2.75, 3.05) is 12.8 Å². The Morgan fingerprint density at radius 2 is 2.06 bits per heavy atom. The maximum absolute atomic E-state index is 14.3. The van der Waals surface area contributed by atoms with Crippen LogP contribution in [0.25, 0.3) is 16.8 Å². The van der Waals surface area contributed by atoms with Crippen LogP contribution in [0.1, 0.15) is 48.4 Å². The topological polar surface area (TPSA) is 104 Å². The van der Waals surface area contributed by atoms with E-state index in [1.165, 1.54) is 25.0 Å². The van der Waals surface area contributed by atoms with Crippen LogP contribution in [0.15, 0.2) is 41.0 Å². The molecule has 7 nitrogen and oxygen atoms in total. The lowest BCUT2D eigenvalue weighted by molar-refractivity contribution is 0.227. The number of aryl methyl sites for hydroxylation is 1. The van der Waals surface area contributed by atoms with Crippen LogP contribution in [0.2, 0.25) is 0 Å². The number of hydrogen-bond acceptors (Lipinski definition) is 6. The molecule has 2 aromatic heterocycles. The molecule has 34 heavy (non-hydrogen) atoms. The number of ether oxygens (including phenoxy) is 1. The molecule has 176 valence electrons. The average Bonchev–Trinajstić information content (AvgIpc) is 3.57. The van der Waals surface area contributed by atoms with E-state index in [0.717, 1.165) is 34.5 Å². The second kappa shape index (κ2) is 8.59. The van der Waals surface area contributed by atoms with Crippen molar-refractivity contribution < 1.29 is 9.13 Å². The minimum Gasteiger partial charge on any atom is -0.482 e. The van der Waals surface area contributed by atoms with Gasteiger partial charge in [-0.15, -0.1) is 0 Å². The number of nitrogens with zero attached hydrogens (tertiary/aromatic N) is 4. The van der Waals surface area contributed by atoms with Crippen molar-refractivity contribution in [3.8, 4) is 16.9 Å². The van der Waals surface area contributed by atoms with Crippen molar-refractivity contribution in [3.63, 3.8) is 0 Å². The van der Waals surface area contributed by atoms with Crippen LogP contribution in [0.4, 0.5) is 10.2 Å². The zero-order valence-corrected chi connectivity index (χ0v) is 19.7. The Balaban J connectivity index is 1.78. The summed E-state index contributed by atoms with van der Waals surface area (Å²) in [5, 5.41) is 4.89. The SMILES string of the molecule is CN=CC1=C(N)c2ccc(F)cc2[C@@H](C)Oc2cc(cnc2N)-c2c(nn(C)c2CC2CC2)C1. The first-order valence-corrected chi connectivity index (χ1v) is 11.5. The standard InChI is InChI=1S/C26H29FN6O/c1-14-20-11-18(27)6-7-19(20)25(28)17(12-30-2)9-21-24(16-10-23(34-14)26(29)31-13-16)22(33(3)32-21)8-15-4-5-15/h6-7,10-15H,4-5,8-9,28H2,1-3H3,(H2,29,31)/t14-/m1/s1. The van der Waals surface area contributed by atoms with E-state index in [1.54, 1.807) is 25.5 Å². The molecule has 0 unspecified atom stereocenters. The van der Waals surface area contributed by atoms with Gasteiger partial charge in [0.05, 0.1) is 5.69 Å². The van der Waals surface area contributed by atoms with Crippen LogP contribution < -0.4 is 16.2 Å². The van der Waals surface area contributed by atoms with Crippen LogP contribution in [0.3, 0.4) is 0 Å². The first-order valence-electron chi connectivity index (χ1n) is 11.5. The molecule has 0 amide bonds. The van der Waals surface area contributed by atoms with Crippen molar-refractivity contribution in [3.05, 3.63) is 64.4 Å². The zero-order valence-electron chi connectivity index (χ0n) is 19.7. The van der Waals surface area contributed by atoms with E-state index in [1.807, 2.05) is 24.7 Å². The predicted octanol–water partition coefficient (Wildman–Crippen LogP) is 4.22. The van der Waals surface area contributed by atoms with Gasteiger partial charge in [-0.25, -0.2) is 9.37 Å². The van der Waals surface area contributed by atoms with Gasteiger partial charge >= 0.3 is 0 Å². The van der Waals surface area contributed by atoms with Crippen molar-refractivity contribution in [1.29, 1.82) is 0 Å². The summed E-state index contributed by atoms with van der Waals surface area (Å²) in [4.78, 5) is 8.68. The summed E-state index contributed by atoms with van der Waals surface area (Å²) in [6.45, 7) is 1.85. The molecular weight excluding hydrogens is 431 g/mol. The number of halogens is 1. The molecule has 3 aromatic rings. The number of nitrogens with two attached hydrogens (primary N) is 2. The van der Waals surface area contributed by atoms with Crippen molar-refractivity contribution in [1.82, 2.24) is 14.8 Å². The van der Waals surface area contributed by atoms with Gasteiger partial charge in [-0.1, -0.05) is 0 Å². The van der Waals surface area contributed by atoms with Gasteiger partial charge in [-0.2, -0.15) is 5.10 Å². The van der Waals surface area contributed by atoms with E-state index in [-0.39, 0.29) is 11.6 Å². The molecule has 1 saturated carbocycles. The number of aromatic nitrogens is 3. The quantitative estimate of drug-likeness (QED) is 0.570. The fourth-order valence-electron chi connectivity index (χ4n) is 4.68. The molecule has 1 aliphatic heterocycles. The number of aliphatic imine (C=N–C) groups is 1.